The van der Waals surface area contributed by atoms with Gasteiger partial charge in [-0.2, -0.15) is 0 Å². The minimum Gasteiger partial charge on any atom is -0.355 e. The Labute approximate surface area is 117 Å². The van der Waals surface area contributed by atoms with Gasteiger partial charge in [0.15, 0.2) is 5.76 Å². The molecule has 0 saturated carbocycles. The summed E-state index contributed by atoms with van der Waals surface area (Å²) in [7, 11) is 2.02. The maximum absolute atomic E-state index is 5.42. The van der Waals surface area contributed by atoms with Crippen molar-refractivity contribution in [1.82, 2.24) is 15.4 Å². The lowest BCUT2D eigenvalue weighted by Gasteiger charge is -2.13. The second-order valence-corrected chi connectivity index (χ2v) is 6.05. The molecule has 0 spiro atoms. The molecule has 4 nitrogen and oxygen atoms in total. The van der Waals surface area contributed by atoms with Crippen molar-refractivity contribution in [2.45, 2.75) is 13.0 Å². The molecule has 102 valence electrons. The zero-order chi connectivity index (χ0) is 13.1. The summed E-state index contributed by atoms with van der Waals surface area (Å²) in [5.74, 6) is 1.66. The van der Waals surface area contributed by atoms with Gasteiger partial charge in [0.2, 0.25) is 0 Å². The van der Waals surface area contributed by atoms with Gasteiger partial charge in [0, 0.05) is 19.2 Å². The fraction of sp³-hybridized carbons (Fsp3) is 0.500. The van der Waals surface area contributed by atoms with E-state index in [1.807, 2.05) is 13.1 Å². The van der Waals surface area contributed by atoms with E-state index in [0.29, 0.717) is 0 Å². The summed E-state index contributed by atoms with van der Waals surface area (Å²) in [6.07, 6.45) is 1.27. The number of aromatic nitrogens is 1. The first-order valence-corrected chi connectivity index (χ1v) is 7.59. The summed E-state index contributed by atoms with van der Waals surface area (Å²) >= 11 is 1.68. The van der Waals surface area contributed by atoms with E-state index >= 15 is 0 Å². The Balaban J connectivity index is 1.59. The van der Waals surface area contributed by atoms with Gasteiger partial charge in [-0.3, -0.25) is 4.90 Å². The second-order valence-electron chi connectivity index (χ2n) is 5.11. The fourth-order valence-corrected chi connectivity index (χ4v) is 3.34. The number of rotatable bonds is 5. The van der Waals surface area contributed by atoms with Crippen LogP contribution in [0.4, 0.5) is 0 Å². The van der Waals surface area contributed by atoms with E-state index in [0.717, 1.165) is 48.4 Å². The van der Waals surface area contributed by atoms with Crippen molar-refractivity contribution >= 4 is 11.3 Å². The zero-order valence-electron chi connectivity index (χ0n) is 11.1. The lowest BCUT2D eigenvalue weighted by atomic mass is 10.1. The molecule has 1 atom stereocenters. The normalized spacial score (nSPS) is 20.2. The van der Waals surface area contributed by atoms with Gasteiger partial charge >= 0.3 is 0 Å². The first-order valence-electron chi connectivity index (χ1n) is 6.71. The molecule has 3 rings (SSSR count). The second kappa shape index (κ2) is 5.86. The molecule has 2 aromatic rings. The quantitative estimate of drug-likeness (QED) is 0.911. The molecule has 1 fully saturated rings. The first kappa shape index (κ1) is 12.8. The molecule has 3 heterocycles. The van der Waals surface area contributed by atoms with Crippen LogP contribution >= 0.6 is 11.3 Å². The van der Waals surface area contributed by atoms with E-state index in [1.165, 1.54) is 6.42 Å². The summed E-state index contributed by atoms with van der Waals surface area (Å²) in [6, 6.07) is 6.16. The van der Waals surface area contributed by atoms with Crippen LogP contribution in [0.1, 0.15) is 12.1 Å². The van der Waals surface area contributed by atoms with E-state index in [4.69, 9.17) is 4.52 Å². The lowest BCUT2D eigenvalue weighted by molar-refractivity contribution is 0.302. The van der Waals surface area contributed by atoms with E-state index in [9.17, 15) is 0 Å². The third-order valence-electron chi connectivity index (χ3n) is 3.57. The van der Waals surface area contributed by atoms with Crippen LogP contribution in [-0.2, 0) is 6.54 Å². The van der Waals surface area contributed by atoms with Crippen LogP contribution < -0.4 is 5.32 Å². The minimum absolute atomic E-state index is 0.772. The topological polar surface area (TPSA) is 41.3 Å². The highest BCUT2D eigenvalue weighted by Gasteiger charge is 2.22. The molecule has 0 radical (unpaired) electrons. The molecular weight excluding hydrogens is 258 g/mol. The molecule has 2 aromatic heterocycles. The fourth-order valence-electron chi connectivity index (χ4n) is 2.66. The van der Waals surface area contributed by atoms with Crippen molar-refractivity contribution in [3.8, 4) is 10.6 Å². The average Bonchev–Trinajstić information content (AvgIpc) is 3.10. The van der Waals surface area contributed by atoms with Gasteiger partial charge in [-0.1, -0.05) is 11.2 Å². The number of hydrogen-bond acceptors (Lipinski definition) is 5. The van der Waals surface area contributed by atoms with E-state index < -0.39 is 0 Å². The van der Waals surface area contributed by atoms with Crippen LogP contribution in [0.15, 0.2) is 28.1 Å². The molecule has 19 heavy (non-hydrogen) atoms. The Bertz CT molecular complexity index is 509. The summed E-state index contributed by atoms with van der Waals surface area (Å²) in [5.41, 5.74) is 1.04. The van der Waals surface area contributed by atoms with Crippen molar-refractivity contribution in [1.29, 1.82) is 0 Å². The Morgan fingerprint density at radius 3 is 3.32 bits per heavy atom. The summed E-state index contributed by atoms with van der Waals surface area (Å²) in [5, 5.41) is 9.49. The third-order valence-corrected chi connectivity index (χ3v) is 4.46. The Hall–Kier alpha value is -1.17. The lowest BCUT2D eigenvalue weighted by Crippen LogP contribution is -2.24. The van der Waals surface area contributed by atoms with Gasteiger partial charge in [-0.25, -0.2) is 0 Å². The number of likely N-dealkylation sites (tertiary alicyclic amines) is 1. The predicted molar refractivity (Wildman–Crippen MR) is 77.1 cm³/mol. The molecule has 1 aliphatic rings. The Kier molecular flexibility index (Phi) is 3.96. The van der Waals surface area contributed by atoms with Crippen molar-refractivity contribution in [3.05, 3.63) is 29.3 Å². The zero-order valence-corrected chi connectivity index (χ0v) is 11.9. The van der Waals surface area contributed by atoms with Gasteiger partial charge in [-0.15, -0.1) is 11.3 Å². The first-order chi connectivity index (χ1) is 9.35. The standard InChI is InChI=1S/C14H19N3OS/c1-15-8-11-4-5-17(9-11)10-12-7-13(18-16-12)14-3-2-6-19-14/h2-3,6-7,11,15H,4-5,8-10H2,1H3. The van der Waals surface area contributed by atoms with Gasteiger partial charge in [-0.05, 0) is 43.9 Å². The Morgan fingerprint density at radius 1 is 1.58 bits per heavy atom. The van der Waals surface area contributed by atoms with Crippen LogP contribution in [0.25, 0.3) is 10.6 Å². The van der Waals surface area contributed by atoms with E-state index in [2.05, 4.69) is 32.9 Å². The van der Waals surface area contributed by atoms with Crippen LogP contribution in [-0.4, -0.2) is 36.7 Å². The van der Waals surface area contributed by atoms with Crippen LogP contribution in [0, 0.1) is 5.92 Å². The molecule has 0 aromatic carbocycles. The van der Waals surface area contributed by atoms with Gasteiger partial charge in [0.25, 0.3) is 0 Å². The number of nitrogens with one attached hydrogen (secondary N) is 1. The predicted octanol–water partition coefficient (Wildman–Crippen LogP) is 2.44. The van der Waals surface area contributed by atoms with Crippen LogP contribution in [0.5, 0.6) is 0 Å². The highest BCUT2D eigenvalue weighted by Crippen LogP contribution is 2.26. The molecule has 0 amide bonds. The molecule has 0 aliphatic carbocycles. The smallest absolute Gasteiger partial charge is 0.177 e. The highest BCUT2D eigenvalue weighted by molar-refractivity contribution is 7.13. The van der Waals surface area contributed by atoms with Crippen molar-refractivity contribution in [2.75, 3.05) is 26.7 Å². The van der Waals surface area contributed by atoms with Crippen molar-refractivity contribution < 1.29 is 4.52 Å². The summed E-state index contributed by atoms with van der Waals surface area (Å²) < 4.78 is 5.42. The van der Waals surface area contributed by atoms with Gasteiger partial charge in [0.05, 0.1) is 10.6 Å². The molecule has 1 unspecified atom stereocenters. The monoisotopic (exact) mass is 277 g/mol. The summed E-state index contributed by atoms with van der Waals surface area (Å²) in [6.45, 7) is 4.32. The maximum atomic E-state index is 5.42. The van der Waals surface area contributed by atoms with Crippen molar-refractivity contribution in [2.24, 2.45) is 5.92 Å². The van der Waals surface area contributed by atoms with Crippen molar-refractivity contribution in [3.63, 3.8) is 0 Å². The van der Waals surface area contributed by atoms with Gasteiger partial charge < -0.3 is 9.84 Å². The Morgan fingerprint density at radius 2 is 2.53 bits per heavy atom. The average molecular weight is 277 g/mol. The molecule has 1 N–H and O–H groups in total. The van der Waals surface area contributed by atoms with Gasteiger partial charge in [0.1, 0.15) is 0 Å². The summed E-state index contributed by atoms with van der Waals surface area (Å²) in [4.78, 5) is 3.60. The SMILES string of the molecule is CNCC1CCN(Cc2cc(-c3cccs3)on2)C1. The highest BCUT2D eigenvalue weighted by atomic mass is 32.1. The minimum atomic E-state index is 0.772. The molecule has 0 bridgehead atoms. The van der Waals surface area contributed by atoms with Crippen LogP contribution in [0.3, 0.4) is 0 Å². The van der Waals surface area contributed by atoms with Crippen LogP contribution in [0.2, 0.25) is 0 Å². The maximum Gasteiger partial charge on any atom is 0.177 e. The molecule has 5 heteroatoms. The van der Waals surface area contributed by atoms with E-state index in [-0.39, 0.29) is 0 Å². The number of thiophene rings is 1. The third kappa shape index (κ3) is 3.05. The molecule has 1 aliphatic heterocycles. The molecule has 1 saturated heterocycles. The van der Waals surface area contributed by atoms with E-state index in [1.54, 1.807) is 11.3 Å². The number of hydrogen-bond donors (Lipinski definition) is 1. The number of nitrogens with zero attached hydrogens (tertiary/aromatic N) is 2. The largest absolute Gasteiger partial charge is 0.355 e. The molecular formula is C14H19N3OS.